The van der Waals surface area contributed by atoms with E-state index in [1.165, 1.54) is 0 Å². The highest BCUT2D eigenvalue weighted by atomic mass is 16.3. The number of nitrogens with two attached hydrogens (primary N) is 1. The minimum Gasteiger partial charge on any atom is -0.508 e. The molecular weight excluding hydrogens is 418 g/mol. The Morgan fingerprint density at radius 1 is 1.18 bits per heavy atom. The third-order valence-corrected chi connectivity index (χ3v) is 6.78. The van der Waals surface area contributed by atoms with Gasteiger partial charge in [0.25, 0.3) is 5.91 Å². The lowest BCUT2D eigenvalue weighted by molar-refractivity contribution is 0.0709. The van der Waals surface area contributed by atoms with Gasteiger partial charge in [-0.2, -0.15) is 5.10 Å². The molecule has 3 aromatic heterocycles. The van der Waals surface area contributed by atoms with Crippen molar-refractivity contribution in [1.82, 2.24) is 29.2 Å². The van der Waals surface area contributed by atoms with Gasteiger partial charge in [0.2, 0.25) is 0 Å². The molecule has 1 aliphatic carbocycles. The molecule has 33 heavy (non-hydrogen) atoms. The van der Waals surface area contributed by atoms with Crippen LogP contribution in [0.2, 0.25) is 0 Å². The summed E-state index contributed by atoms with van der Waals surface area (Å²) in [5.41, 5.74) is 12.3. The standard InChI is InChI=1S/C24H25N7O2/c1-13-3-6-18(32)14(2)21(13)31-22(25)19(20-23(31)26-11-17(28-20)15-4-5-15)24(33)29-9-10-30-16(12-29)7-8-27-30/h3,6-8,11,15,32H,4-5,9-10,12,25H2,1-2H3. The third-order valence-electron chi connectivity index (χ3n) is 6.78. The lowest BCUT2D eigenvalue weighted by Gasteiger charge is -2.27. The SMILES string of the molecule is Cc1ccc(O)c(C)c1-n1c(N)c(C(=O)N2CCn3nccc3C2)c2nc(C3CC3)cnc21. The summed E-state index contributed by atoms with van der Waals surface area (Å²) in [5, 5.41) is 14.7. The van der Waals surface area contributed by atoms with Crippen LogP contribution in [0.5, 0.6) is 5.75 Å². The predicted molar refractivity (Wildman–Crippen MR) is 123 cm³/mol. The molecular formula is C24H25N7O2. The van der Waals surface area contributed by atoms with Gasteiger partial charge in [-0.05, 0) is 44.4 Å². The molecule has 1 amide bonds. The second-order valence-corrected chi connectivity index (χ2v) is 8.98. The number of aromatic hydroxyl groups is 1. The zero-order valence-corrected chi connectivity index (χ0v) is 18.6. The Bertz CT molecular complexity index is 1430. The summed E-state index contributed by atoms with van der Waals surface area (Å²) in [7, 11) is 0. The van der Waals surface area contributed by atoms with E-state index in [1.807, 2.05) is 30.7 Å². The van der Waals surface area contributed by atoms with Gasteiger partial charge in [-0.15, -0.1) is 0 Å². The van der Waals surface area contributed by atoms with Crippen LogP contribution in [0.1, 0.15) is 51.6 Å². The summed E-state index contributed by atoms with van der Waals surface area (Å²) in [6.07, 6.45) is 5.71. The summed E-state index contributed by atoms with van der Waals surface area (Å²) in [6.45, 7) is 5.43. The largest absolute Gasteiger partial charge is 0.508 e. The van der Waals surface area contributed by atoms with Crippen LogP contribution in [-0.2, 0) is 13.1 Å². The Kier molecular flexibility index (Phi) is 4.23. The highest BCUT2D eigenvalue weighted by Crippen LogP contribution is 2.41. The van der Waals surface area contributed by atoms with E-state index in [0.717, 1.165) is 35.5 Å². The fourth-order valence-electron chi connectivity index (χ4n) is 4.77. The number of nitrogen functional groups attached to an aromatic ring is 1. The molecule has 0 unspecified atom stereocenters. The molecule has 0 radical (unpaired) electrons. The fraction of sp³-hybridized carbons (Fsp3) is 0.333. The Hall–Kier alpha value is -3.88. The van der Waals surface area contributed by atoms with E-state index in [4.69, 9.17) is 15.7 Å². The molecule has 4 aromatic rings. The summed E-state index contributed by atoms with van der Waals surface area (Å²) in [5.74, 6) is 0.680. The number of aromatic nitrogens is 5. The van der Waals surface area contributed by atoms with Crippen LogP contribution in [0.4, 0.5) is 5.82 Å². The smallest absolute Gasteiger partial charge is 0.260 e. The van der Waals surface area contributed by atoms with Gasteiger partial charge in [-0.3, -0.25) is 14.0 Å². The number of anilines is 1. The van der Waals surface area contributed by atoms with Gasteiger partial charge in [0.05, 0.1) is 36.4 Å². The molecule has 168 valence electrons. The average molecular weight is 444 g/mol. The first-order valence-corrected chi connectivity index (χ1v) is 11.2. The van der Waals surface area contributed by atoms with Crippen LogP contribution in [0, 0.1) is 13.8 Å². The number of amides is 1. The second-order valence-electron chi connectivity index (χ2n) is 8.98. The van der Waals surface area contributed by atoms with Gasteiger partial charge in [-0.1, -0.05) is 6.07 Å². The summed E-state index contributed by atoms with van der Waals surface area (Å²) < 4.78 is 3.69. The van der Waals surface area contributed by atoms with E-state index >= 15 is 0 Å². The molecule has 0 spiro atoms. The quantitative estimate of drug-likeness (QED) is 0.503. The molecule has 3 N–H and O–H groups in total. The Labute approximate surface area is 190 Å². The number of rotatable bonds is 3. The van der Waals surface area contributed by atoms with Crippen molar-refractivity contribution in [3.8, 4) is 11.4 Å². The molecule has 1 aliphatic heterocycles. The molecule has 0 bridgehead atoms. The molecule has 1 aromatic carbocycles. The summed E-state index contributed by atoms with van der Waals surface area (Å²) in [6, 6.07) is 5.43. The van der Waals surface area contributed by atoms with E-state index in [-0.39, 0.29) is 11.7 Å². The number of phenols is 1. The van der Waals surface area contributed by atoms with E-state index in [2.05, 4.69) is 5.10 Å². The maximum atomic E-state index is 13.8. The van der Waals surface area contributed by atoms with Crippen molar-refractivity contribution in [3.63, 3.8) is 0 Å². The van der Waals surface area contributed by atoms with Gasteiger partial charge >= 0.3 is 0 Å². The molecule has 9 nitrogen and oxygen atoms in total. The van der Waals surface area contributed by atoms with Crippen LogP contribution in [0.3, 0.4) is 0 Å². The maximum Gasteiger partial charge on any atom is 0.260 e. The fourth-order valence-corrected chi connectivity index (χ4v) is 4.77. The molecule has 4 heterocycles. The van der Waals surface area contributed by atoms with Gasteiger partial charge < -0.3 is 15.7 Å². The molecule has 0 atom stereocenters. The lowest BCUT2D eigenvalue weighted by atomic mass is 10.1. The van der Waals surface area contributed by atoms with Crippen molar-refractivity contribution in [3.05, 3.63) is 58.7 Å². The zero-order chi connectivity index (χ0) is 22.9. The van der Waals surface area contributed by atoms with Crippen molar-refractivity contribution in [2.75, 3.05) is 12.3 Å². The van der Waals surface area contributed by atoms with E-state index in [9.17, 15) is 9.90 Å². The Balaban J connectivity index is 1.56. The highest BCUT2D eigenvalue weighted by Gasteiger charge is 2.32. The maximum absolute atomic E-state index is 13.8. The number of hydrogen-bond acceptors (Lipinski definition) is 6. The minimum absolute atomic E-state index is 0.163. The number of phenolic OH excluding ortho intramolecular Hbond substituents is 1. The van der Waals surface area contributed by atoms with Crippen LogP contribution in [-0.4, -0.2) is 46.8 Å². The monoisotopic (exact) mass is 443 g/mol. The van der Waals surface area contributed by atoms with E-state index < -0.39 is 0 Å². The van der Waals surface area contributed by atoms with Crippen LogP contribution < -0.4 is 5.73 Å². The van der Waals surface area contributed by atoms with Gasteiger partial charge in [0, 0.05) is 24.2 Å². The number of carbonyl (C=O) groups excluding carboxylic acids is 1. The first-order chi connectivity index (χ1) is 15.9. The minimum atomic E-state index is -0.165. The van der Waals surface area contributed by atoms with Crippen molar-refractivity contribution in [2.45, 2.75) is 45.7 Å². The topological polar surface area (TPSA) is 115 Å². The van der Waals surface area contributed by atoms with Crippen LogP contribution in [0.25, 0.3) is 16.9 Å². The normalized spacial score (nSPS) is 15.8. The Morgan fingerprint density at radius 3 is 2.79 bits per heavy atom. The number of aryl methyl sites for hydroxylation is 1. The average Bonchev–Trinajstić information content (AvgIpc) is 3.49. The van der Waals surface area contributed by atoms with Crippen molar-refractivity contribution >= 4 is 22.9 Å². The number of carbonyl (C=O) groups is 1. The second kappa shape index (κ2) is 7.06. The molecule has 0 saturated heterocycles. The van der Waals surface area contributed by atoms with Crippen LogP contribution in [0.15, 0.2) is 30.6 Å². The van der Waals surface area contributed by atoms with Gasteiger partial charge in [-0.25, -0.2) is 9.97 Å². The number of hydrogen-bond donors (Lipinski definition) is 2. The number of fused-ring (bicyclic) bond motifs is 2. The van der Waals surface area contributed by atoms with E-state index in [1.54, 1.807) is 27.9 Å². The first-order valence-electron chi connectivity index (χ1n) is 11.2. The molecule has 1 fully saturated rings. The third kappa shape index (κ3) is 2.99. The van der Waals surface area contributed by atoms with Gasteiger partial charge in [0.15, 0.2) is 5.65 Å². The van der Waals surface area contributed by atoms with E-state index in [0.29, 0.717) is 53.7 Å². The Morgan fingerprint density at radius 2 is 2.00 bits per heavy atom. The summed E-state index contributed by atoms with van der Waals surface area (Å²) in [4.78, 5) is 25.2. The lowest BCUT2D eigenvalue weighted by Crippen LogP contribution is -2.38. The molecule has 9 heteroatoms. The predicted octanol–water partition coefficient (Wildman–Crippen LogP) is 3.06. The van der Waals surface area contributed by atoms with Crippen molar-refractivity contribution in [1.29, 1.82) is 0 Å². The van der Waals surface area contributed by atoms with Crippen molar-refractivity contribution in [2.24, 2.45) is 0 Å². The molecule has 1 saturated carbocycles. The van der Waals surface area contributed by atoms with Crippen LogP contribution >= 0.6 is 0 Å². The molecule has 6 rings (SSSR count). The number of benzene rings is 1. The summed E-state index contributed by atoms with van der Waals surface area (Å²) >= 11 is 0. The highest BCUT2D eigenvalue weighted by molar-refractivity contribution is 6.10. The number of nitrogens with zero attached hydrogens (tertiary/aromatic N) is 6. The van der Waals surface area contributed by atoms with Crippen molar-refractivity contribution < 1.29 is 9.90 Å². The van der Waals surface area contributed by atoms with Gasteiger partial charge in [0.1, 0.15) is 22.6 Å². The first kappa shape index (κ1) is 19.8. The molecule has 2 aliphatic rings. The zero-order valence-electron chi connectivity index (χ0n) is 18.6.